The van der Waals surface area contributed by atoms with E-state index in [-0.39, 0.29) is 12.0 Å². The summed E-state index contributed by atoms with van der Waals surface area (Å²) in [6.07, 6.45) is 1.02. The Morgan fingerprint density at radius 3 is 2.58 bits per heavy atom. The third-order valence-electron chi connectivity index (χ3n) is 3.15. The van der Waals surface area contributed by atoms with Gasteiger partial charge in [-0.2, -0.15) is 0 Å². The molecule has 0 radical (unpaired) electrons. The van der Waals surface area contributed by atoms with Crippen molar-refractivity contribution < 1.29 is 9.53 Å². The fourth-order valence-corrected chi connectivity index (χ4v) is 2.31. The molecule has 3 nitrogen and oxygen atoms in total. The maximum atomic E-state index is 12.3. The molecule has 0 fully saturated rings. The van der Waals surface area contributed by atoms with E-state index in [2.05, 4.69) is 24.8 Å². The van der Waals surface area contributed by atoms with E-state index in [0.717, 1.165) is 25.1 Å². The molecule has 0 bridgehead atoms. The lowest BCUT2D eigenvalue weighted by Gasteiger charge is -2.29. The van der Waals surface area contributed by atoms with Gasteiger partial charge in [-0.25, -0.2) is 4.79 Å². The first-order valence-electron chi connectivity index (χ1n) is 7.11. The van der Waals surface area contributed by atoms with E-state index >= 15 is 0 Å². The van der Waals surface area contributed by atoms with Gasteiger partial charge >= 0.3 is 5.97 Å². The Hall–Kier alpha value is -1.35. The van der Waals surface area contributed by atoms with E-state index in [0.29, 0.717) is 6.61 Å². The van der Waals surface area contributed by atoms with E-state index in [4.69, 9.17) is 4.74 Å². The van der Waals surface area contributed by atoms with Crippen LogP contribution in [0.3, 0.4) is 0 Å². The molecule has 0 N–H and O–H groups in total. The topological polar surface area (TPSA) is 29.5 Å². The first-order chi connectivity index (χ1) is 9.13. The Morgan fingerprint density at radius 1 is 1.32 bits per heavy atom. The van der Waals surface area contributed by atoms with Gasteiger partial charge in [0.15, 0.2) is 0 Å². The fraction of sp³-hybridized carbons (Fsp3) is 0.562. The number of nitrogens with zero attached hydrogens (tertiary/aromatic N) is 1. The SMILES string of the molecule is CCCN(CC)C(C(=O)OCC)c1cccc(C)c1. The summed E-state index contributed by atoms with van der Waals surface area (Å²) in [4.78, 5) is 14.4. The second-order valence-electron chi connectivity index (χ2n) is 4.70. The lowest BCUT2D eigenvalue weighted by Crippen LogP contribution is -2.35. The Kier molecular flexibility index (Phi) is 6.57. The minimum absolute atomic E-state index is 0.150. The molecule has 0 saturated heterocycles. The van der Waals surface area contributed by atoms with Crippen LogP contribution >= 0.6 is 0 Å². The van der Waals surface area contributed by atoms with Gasteiger partial charge in [-0.05, 0) is 38.9 Å². The highest BCUT2D eigenvalue weighted by atomic mass is 16.5. The van der Waals surface area contributed by atoms with E-state index in [1.54, 1.807) is 0 Å². The standard InChI is InChI=1S/C16H25NO2/c1-5-11-17(6-2)15(16(18)19-7-3)14-10-8-9-13(4)12-14/h8-10,12,15H,5-7,11H2,1-4H3. The molecule has 0 heterocycles. The smallest absolute Gasteiger partial charge is 0.327 e. The Morgan fingerprint density at radius 2 is 2.05 bits per heavy atom. The van der Waals surface area contributed by atoms with Crippen LogP contribution in [0, 0.1) is 6.92 Å². The zero-order valence-corrected chi connectivity index (χ0v) is 12.5. The highest BCUT2D eigenvalue weighted by molar-refractivity contribution is 5.77. The lowest BCUT2D eigenvalue weighted by atomic mass is 10.0. The predicted molar refractivity (Wildman–Crippen MR) is 78.1 cm³/mol. The number of esters is 1. The molecule has 1 rings (SSSR count). The Labute approximate surface area is 116 Å². The van der Waals surface area contributed by atoms with E-state index in [1.165, 1.54) is 5.56 Å². The van der Waals surface area contributed by atoms with Crippen LogP contribution in [0.4, 0.5) is 0 Å². The van der Waals surface area contributed by atoms with Crippen LogP contribution in [0.25, 0.3) is 0 Å². The van der Waals surface area contributed by atoms with E-state index in [9.17, 15) is 4.79 Å². The van der Waals surface area contributed by atoms with Gasteiger partial charge in [0.05, 0.1) is 6.61 Å². The molecular weight excluding hydrogens is 238 g/mol. The average molecular weight is 263 g/mol. The second kappa shape index (κ2) is 7.95. The summed E-state index contributed by atoms with van der Waals surface area (Å²) in [5.74, 6) is -0.150. The van der Waals surface area contributed by atoms with Gasteiger partial charge in [0.2, 0.25) is 0 Å². The van der Waals surface area contributed by atoms with Crippen LogP contribution in [-0.2, 0) is 9.53 Å². The highest BCUT2D eigenvalue weighted by Gasteiger charge is 2.27. The summed E-state index contributed by atoms with van der Waals surface area (Å²) in [6.45, 7) is 10.3. The van der Waals surface area contributed by atoms with Crippen LogP contribution in [0.2, 0.25) is 0 Å². The van der Waals surface area contributed by atoms with Crippen molar-refractivity contribution in [3.05, 3.63) is 35.4 Å². The zero-order valence-electron chi connectivity index (χ0n) is 12.5. The normalized spacial score (nSPS) is 12.5. The summed E-state index contributed by atoms with van der Waals surface area (Å²) in [7, 11) is 0. The molecule has 106 valence electrons. The number of hydrogen-bond acceptors (Lipinski definition) is 3. The van der Waals surface area contributed by atoms with Crippen molar-refractivity contribution >= 4 is 5.97 Å². The molecule has 0 aliphatic carbocycles. The molecule has 1 aromatic rings. The van der Waals surface area contributed by atoms with Crippen LogP contribution in [0.1, 0.15) is 44.4 Å². The molecular formula is C16H25NO2. The third kappa shape index (κ3) is 4.35. The summed E-state index contributed by atoms with van der Waals surface area (Å²) < 4.78 is 5.25. The zero-order chi connectivity index (χ0) is 14.3. The fourth-order valence-electron chi connectivity index (χ4n) is 2.31. The van der Waals surface area contributed by atoms with Gasteiger partial charge in [-0.1, -0.05) is 43.7 Å². The van der Waals surface area contributed by atoms with Gasteiger partial charge in [0.1, 0.15) is 6.04 Å². The number of rotatable bonds is 7. The summed E-state index contributed by atoms with van der Waals surface area (Å²) in [5, 5.41) is 0. The van der Waals surface area contributed by atoms with Crippen LogP contribution < -0.4 is 0 Å². The molecule has 1 atom stereocenters. The van der Waals surface area contributed by atoms with Crippen molar-refractivity contribution in [2.75, 3.05) is 19.7 Å². The number of benzene rings is 1. The molecule has 0 aliphatic rings. The van der Waals surface area contributed by atoms with Crippen molar-refractivity contribution in [2.45, 2.75) is 40.2 Å². The minimum atomic E-state index is -0.287. The van der Waals surface area contributed by atoms with Gasteiger partial charge in [-0.15, -0.1) is 0 Å². The van der Waals surface area contributed by atoms with Gasteiger partial charge < -0.3 is 4.74 Å². The monoisotopic (exact) mass is 263 g/mol. The molecule has 3 heteroatoms. The summed E-state index contributed by atoms with van der Waals surface area (Å²) in [6, 6.07) is 7.83. The number of hydrogen-bond donors (Lipinski definition) is 0. The average Bonchev–Trinajstić information content (AvgIpc) is 2.38. The van der Waals surface area contributed by atoms with Crippen LogP contribution in [0.5, 0.6) is 0 Å². The van der Waals surface area contributed by atoms with Crippen molar-refractivity contribution in [1.29, 1.82) is 0 Å². The van der Waals surface area contributed by atoms with Gasteiger partial charge in [0, 0.05) is 0 Å². The maximum absolute atomic E-state index is 12.3. The van der Waals surface area contributed by atoms with E-state index < -0.39 is 0 Å². The molecule has 0 amide bonds. The number of likely N-dealkylation sites (N-methyl/N-ethyl adjacent to an activating group) is 1. The molecule has 1 aromatic carbocycles. The Bertz CT molecular complexity index is 403. The lowest BCUT2D eigenvalue weighted by molar-refractivity contribution is -0.149. The van der Waals surface area contributed by atoms with Gasteiger partial charge in [-0.3, -0.25) is 4.90 Å². The molecule has 0 spiro atoms. The number of aryl methyl sites for hydroxylation is 1. The summed E-state index contributed by atoms with van der Waals surface area (Å²) in [5.41, 5.74) is 2.19. The third-order valence-corrected chi connectivity index (χ3v) is 3.15. The quantitative estimate of drug-likeness (QED) is 0.707. The van der Waals surface area contributed by atoms with Crippen molar-refractivity contribution in [1.82, 2.24) is 4.90 Å². The van der Waals surface area contributed by atoms with Crippen LogP contribution in [-0.4, -0.2) is 30.6 Å². The van der Waals surface area contributed by atoms with Crippen LogP contribution in [0.15, 0.2) is 24.3 Å². The summed E-state index contributed by atoms with van der Waals surface area (Å²) >= 11 is 0. The molecule has 0 aliphatic heterocycles. The Balaban J connectivity index is 3.06. The van der Waals surface area contributed by atoms with Crippen molar-refractivity contribution in [2.24, 2.45) is 0 Å². The number of ether oxygens (including phenoxy) is 1. The highest BCUT2D eigenvalue weighted by Crippen LogP contribution is 2.23. The predicted octanol–water partition coefficient (Wildman–Crippen LogP) is 3.33. The number of carbonyl (C=O) groups excluding carboxylic acids is 1. The van der Waals surface area contributed by atoms with Crippen molar-refractivity contribution in [3.8, 4) is 0 Å². The molecule has 0 saturated carbocycles. The first kappa shape index (κ1) is 15.7. The number of carbonyl (C=O) groups is 1. The molecule has 1 unspecified atom stereocenters. The van der Waals surface area contributed by atoms with Gasteiger partial charge in [0.25, 0.3) is 0 Å². The maximum Gasteiger partial charge on any atom is 0.327 e. The van der Waals surface area contributed by atoms with Crippen molar-refractivity contribution in [3.63, 3.8) is 0 Å². The largest absolute Gasteiger partial charge is 0.465 e. The molecule has 0 aromatic heterocycles. The second-order valence-corrected chi connectivity index (χ2v) is 4.70. The van der Waals surface area contributed by atoms with E-state index in [1.807, 2.05) is 32.0 Å². The minimum Gasteiger partial charge on any atom is -0.465 e. The molecule has 19 heavy (non-hydrogen) atoms. The first-order valence-corrected chi connectivity index (χ1v) is 7.11.